The van der Waals surface area contributed by atoms with Crippen molar-refractivity contribution >= 4 is 22.8 Å². The smallest absolute Gasteiger partial charge is 0.319 e. The van der Waals surface area contributed by atoms with Crippen LogP contribution in [0.25, 0.3) is 11.0 Å². The van der Waals surface area contributed by atoms with Gasteiger partial charge in [0.05, 0.1) is 11.0 Å². The number of nitrogens with zero attached hydrogens (tertiary/aromatic N) is 1. The van der Waals surface area contributed by atoms with Crippen LogP contribution in [0.2, 0.25) is 0 Å². The number of carbonyl (C=O) groups excluding carboxylic acids is 1. The second-order valence-corrected chi connectivity index (χ2v) is 6.09. The molecule has 1 aromatic carbocycles. The van der Waals surface area contributed by atoms with Crippen LogP contribution in [0, 0.1) is 5.92 Å². The number of amides is 2. The number of fused-ring (bicyclic) bond motifs is 1. The number of rotatable bonds is 4. The first-order chi connectivity index (χ1) is 11.6. The largest absolute Gasteiger partial charge is 0.396 e. The molecule has 1 aromatic heterocycles. The minimum atomic E-state index is -2.67. The maximum absolute atomic E-state index is 12.7. The molecular weight excluding hydrogens is 318 g/mol. The van der Waals surface area contributed by atoms with E-state index in [1.807, 2.05) is 0 Å². The third-order valence-electron chi connectivity index (χ3n) is 4.42. The van der Waals surface area contributed by atoms with Gasteiger partial charge in [0.25, 0.3) is 6.43 Å². The normalized spacial score (nSPS) is 21.2. The molecule has 0 saturated heterocycles. The van der Waals surface area contributed by atoms with E-state index in [0.29, 0.717) is 16.7 Å². The first kappa shape index (κ1) is 16.6. The van der Waals surface area contributed by atoms with Gasteiger partial charge in [0.15, 0.2) is 5.82 Å². The maximum atomic E-state index is 12.7. The summed E-state index contributed by atoms with van der Waals surface area (Å²) in [5.41, 5.74) is 1.35. The van der Waals surface area contributed by atoms with Gasteiger partial charge < -0.3 is 20.7 Å². The van der Waals surface area contributed by atoms with Gasteiger partial charge in [-0.1, -0.05) is 12.8 Å². The number of benzene rings is 1. The van der Waals surface area contributed by atoms with Gasteiger partial charge in [-0.05, 0) is 31.0 Å². The van der Waals surface area contributed by atoms with Gasteiger partial charge in [0.1, 0.15) is 0 Å². The van der Waals surface area contributed by atoms with Gasteiger partial charge in [-0.3, -0.25) is 0 Å². The molecule has 1 heterocycles. The average molecular weight is 338 g/mol. The summed E-state index contributed by atoms with van der Waals surface area (Å²) in [6.07, 6.45) is 1.17. The van der Waals surface area contributed by atoms with Crippen LogP contribution in [0.3, 0.4) is 0 Å². The lowest BCUT2D eigenvalue weighted by atomic mass is 9.85. The Morgan fingerprint density at radius 2 is 2.17 bits per heavy atom. The highest BCUT2D eigenvalue weighted by atomic mass is 19.3. The predicted molar refractivity (Wildman–Crippen MR) is 86.0 cm³/mol. The van der Waals surface area contributed by atoms with E-state index in [1.165, 1.54) is 0 Å². The molecule has 130 valence electrons. The Morgan fingerprint density at radius 1 is 1.38 bits per heavy atom. The van der Waals surface area contributed by atoms with Gasteiger partial charge in [-0.15, -0.1) is 0 Å². The van der Waals surface area contributed by atoms with Crippen molar-refractivity contribution in [1.82, 2.24) is 15.3 Å². The molecule has 0 bridgehead atoms. The number of urea groups is 1. The highest BCUT2D eigenvalue weighted by Gasteiger charge is 2.25. The molecule has 0 spiro atoms. The fourth-order valence-corrected chi connectivity index (χ4v) is 3.16. The van der Waals surface area contributed by atoms with Gasteiger partial charge >= 0.3 is 6.03 Å². The lowest BCUT2D eigenvalue weighted by molar-refractivity contribution is 0.142. The first-order valence-corrected chi connectivity index (χ1v) is 8.03. The molecule has 0 radical (unpaired) electrons. The Kier molecular flexibility index (Phi) is 4.94. The van der Waals surface area contributed by atoms with Crippen LogP contribution in [0.15, 0.2) is 18.2 Å². The lowest BCUT2D eigenvalue weighted by Gasteiger charge is -2.30. The van der Waals surface area contributed by atoms with E-state index in [1.54, 1.807) is 18.2 Å². The number of hydrogen-bond acceptors (Lipinski definition) is 3. The van der Waals surface area contributed by atoms with E-state index in [2.05, 4.69) is 20.6 Å². The Morgan fingerprint density at radius 3 is 2.92 bits per heavy atom. The van der Waals surface area contributed by atoms with E-state index in [4.69, 9.17) is 0 Å². The van der Waals surface area contributed by atoms with E-state index in [9.17, 15) is 18.7 Å². The van der Waals surface area contributed by atoms with E-state index >= 15 is 0 Å². The summed E-state index contributed by atoms with van der Waals surface area (Å²) in [6.45, 7) is 0.0570. The minimum Gasteiger partial charge on any atom is -0.396 e. The predicted octanol–water partition coefficient (Wildman–Crippen LogP) is 3.17. The molecule has 4 N–H and O–H groups in total. The highest BCUT2D eigenvalue weighted by Crippen LogP contribution is 2.25. The molecule has 2 amide bonds. The number of nitrogens with one attached hydrogen (secondary N) is 3. The fraction of sp³-hybridized carbons (Fsp3) is 0.500. The van der Waals surface area contributed by atoms with Gasteiger partial charge in [-0.25, -0.2) is 18.6 Å². The van der Waals surface area contributed by atoms with Crippen LogP contribution in [0.4, 0.5) is 19.3 Å². The Hall–Kier alpha value is -2.22. The van der Waals surface area contributed by atoms with E-state index in [0.717, 1.165) is 25.7 Å². The molecule has 1 aliphatic rings. The average Bonchev–Trinajstić information content (AvgIpc) is 2.99. The van der Waals surface area contributed by atoms with E-state index < -0.39 is 6.43 Å². The fourth-order valence-electron chi connectivity index (χ4n) is 3.16. The molecule has 24 heavy (non-hydrogen) atoms. The number of carbonyl (C=O) groups is 1. The van der Waals surface area contributed by atoms with Crippen LogP contribution < -0.4 is 10.6 Å². The number of aliphatic hydroxyl groups excluding tert-OH is 1. The molecule has 2 aromatic rings. The molecule has 1 aliphatic carbocycles. The zero-order valence-corrected chi connectivity index (χ0v) is 13.1. The number of aliphatic hydroxyl groups is 1. The molecular formula is C16H20F2N4O2. The van der Waals surface area contributed by atoms with Crippen molar-refractivity contribution in [1.29, 1.82) is 0 Å². The van der Waals surface area contributed by atoms with Crippen LogP contribution in [0.1, 0.15) is 37.9 Å². The SMILES string of the molecule is O=C(Nc1ccc2nc(C(F)F)[nH]c2c1)N[C@@H]1CCCC[C@@H]1CO. The molecule has 3 rings (SSSR count). The molecule has 8 heteroatoms. The van der Waals surface area contributed by atoms with Crippen LogP contribution in [-0.2, 0) is 0 Å². The van der Waals surface area contributed by atoms with E-state index in [-0.39, 0.29) is 30.4 Å². The summed E-state index contributed by atoms with van der Waals surface area (Å²) in [5.74, 6) is -0.312. The molecule has 1 saturated carbocycles. The zero-order chi connectivity index (χ0) is 17.1. The Bertz CT molecular complexity index is 719. The summed E-state index contributed by atoms with van der Waals surface area (Å²) >= 11 is 0. The van der Waals surface area contributed by atoms with Crippen molar-refractivity contribution in [2.75, 3.05) is 11.9 Å². The molecule has 0 unspecified atom stereocenters. The Balaban J connectivity index is 1.66. The van der Waals surface area contributed by atoms with Gasteiger partial charge in [0.2, 0.25) is 0 Å². The third kappa shape index (κ3) is 3.64. The molecule has 0 aliphatic heterocycles. The lowest BCUT2D eigenvalue weighted by Crippen LogP contribution is -2.45. The minimum absolute atomic E-state index is 0.0509. The van der Waals surface area contributed by atoms with Crippen LogP contribution >= 0.6 is 0 Å². The summed E-state index contributed by atoms with van der Waals surface area (Å²) in [5, 5.41) is 15.0. The number of hydrogen-bond donors (Lipinski definition) is 4. The van der Waals surface area contributed by atoms with Crippen molar-refractivity contribution in [3.63, 3.8) is 0 Å². The number of H-pyrrole nitrogens is 1. The summed E-state index contributed by atoms with van der Waals surface area (Å²) in [7, 11) is 0. The van der Waals surface area contributed by atoms with Crippen molar-refractivity contribution in [3.05, 3.63) is 24.0 Å². The summed E-state index contributed by atoms with van der Waals surface area (Å²) < 4.78 is 25.3. The topological polar surface area (TPSA) is 90.0 Å². The summed E-state index contributed by atoms with van der Waals surface area (Å²) in [6, 6.07) is 4.34. The quantitative estimate of drug-likeness (QED) is 0.690. The number of halogens is 2. The number of alkyl halides is 2. The number of aromatic amines is 1. The monoisotopic (exact) mass is 338 g/mol. The molecule has 6 nitrogen and oxygen atoms in total. The summed E-state index contributed by atoms with van der Waals surface area (Å²) in [4.78, 5) is 18.5. The maximum Gasteiger partial charge on any atom is 0.319 e. The van der Waals surface area contributed by atoms with Crippen molar-refractivity contribution in [2.24, 2.45) is 5.92 Å². The van der Waals surface area contributed by atoms with Crippen molar-refractivity contribution in [2.45, 2.75) is 38.2 Å². The number of anilines is 1. The van der Waals surface area contributed by atoms with Gasteiger partial charge in [-0.2, -0.15) is 0 Å². The number of imidazole rings is 1. The second kappa shape index (κ2) is 7.12. The Labute approximate surface area is 137 Å². The zero-order valence-electron chi connectivity index (χ0n) is 13.1. The van der Waals surface area contributed by atoms with Crippen LogP contribution in [0.5, 0.6) is 0 Å². The third-order valence-corrected chi connectivity index (χ3v) is 4.42. The number of aromatic nitrogens is 2. The van der Waals surface area contributed by atoms with Crippen molar-refractivity contribution in [3.8, 4) is 0 Å². The standard InChI is InChI=1S/C16H20F2N4O2/c17-14(18)15-20-12-6-5-10(7-13(12)21-15)19-16(24)22-11-4-2-1-3-9(11)8-23/h5-7,9,11,14,23H,1-4,8H2,(H,20,21)(H2,19,22,24)/t9-,11-/m1/s1. The van der Waals surface area contributed by atoms with Gasteiger partial charge in [0, 0.05) is 24.3 Å². The molecule has 2 atom stereocenters. The first-order valence-electron chi connectivity index (χ1n) is 8.03. The molecule has 1 fully saturated rings. The highest BCUT2D eigenvalue weighted by molar-refractivity contribution is 5.92. The second-order valence-electron chi connectivity index (χ2n) is 6.09. The van der Waals surface area contributed by atoms with Crippen LogP contribution in [-0.4, -0.2) is 33.8 Å². The van der Waals surface area contributed by atoms with Crippen molar-refractivity contribution < 1.29 is 18.7 Å².